The lowest BCUT2D eigenvalue weighted by atomic mass is 9.86. The lowest BCUT2D eigenvalue weighted by molar-refractivity contribution is 0.295. The van der Waals surface area contributed by atoms with E-state index < -0.39 is 0 Å². The largest absolute Gasteiger partial charge is 0.352 e. The third-order valence-corrected chi connectivity index (χ3v) is 4.51. The Morgan fingerprint density at radius 3 is 2.78 bits per heavy atom. The second-order valence-corrected chi connectivity index (χ2v) is 6.01. The molecule has 2 rings (SSSR count). The first kappa shape index (κ1) is 13.5. The smallest absolute Gasteiger partial charge is 0.159 e. The Morgan fingerprint density at radius 2 is 2.11 bits per heavy atom. The Hall–Kier alpha value is -0.880. The number of nitrogens with zero attached hydrogens (tertiary/aromatic N) is 3. The van der Waals surface area contributed by atoms with Gasteiger partial charge in [0, 0.05) is 12.6 Å². The van der Waals surface area contributed by atoms with Gasteiger partial charge in [0.15, 0.2) is 5.82 Å². The molecule has 0 bridgehead atoms. The van der Waals surface area contributed by atoms with Crippen molar-refractivity contribution < 1.29 is 0 Å². The summed E-state index contributed by atoms with van der Waals surface area (Å²) in [6.07, 6.45) is 2.81. The fourth-order valence-corrected chi connectivity index (χ4v) is 3.20. The second kappa shape index (κ2) is 5.40. The maximum absolute atomic E-state index is 5.45. The molecule has 0 amide bonds. The van der Waals surface area contributed by atoms with Gasteiger partial charge in [-0.05, 0) is 41.1 Å². The number of nitrogen functional groups attached to an aromatic ring is 1. The van der Waals surface area contributed by atoms with Gasteiger partial charge in [-0.1, -0.05) is 13.8 Å². The predicted octanol–water partition coefficient (Wildman–Crippen LogP) is 2.40. The van der Waals surface area contributed by atoms with E-state index >= 15 is 0 Å². The molecule has 100 valence electrons. The van der Waals surface area contributed by atoms with Crippen molar-refractivity contribution >= 4 is 27.6 Å². The summed E-state index contributed by atoms with van der Waals surface area (Å²) in [5, 5.41) is 0. The first-order chi connectivity index (χ1) is 8.54. The molecule has 0 radical (unpaired) electrons. The SMILES string of the molecule is CC1CC(C)C(C)N(c2ncnc(NN)c2Br)C1. The van der Waals surface area contributed by atoms with Crippen LogP contribution in [-0.2, 0) is 0 Å². The molecule has 1 aliphatic rings. The fraction of sp³-hybridized carbons (Fsp3) is 0.667. The highest BCUT2D eigenvalue weighted by molar-refractivity contribution is 9.10. The van der Waals surface area contributed by atoms with E-state index in [0.29, 0.717) is 23.7 Å². The molecular formula is C12H20BrN5. The zero-order valence-corrected chi connectivity index (χ0v) is 12.6. The van der Waals surface area contributed by atoms with Crippen molar-refractivity contribution in [1.29, 1.82) is 0 Å². The van der Waals surface area contributed by atoms with Gasteiger partial charge in [-0.25, -0.2) is 15.8 Å². The van der Waals surface area contributed by atoms with E-state index in [-0.39, 0.29) is 0 Å². The molecule has 1 aliphatic heterocycles. The molecule has 0 aliphatic carbocycles. The number of anilines is 2. The number of hydrogen-bond acceptors (Lipinski definition) is 5. The monoisotopic (exact) mass is 313 g/mol. The number of halogens is 1. The highest BCUT2D eigenvalue weighted by Gasteiger charge is 2.31. The van der Waals surface area contributed by atoms with Crippen molar-refractivity contribution in [3.63, 3.8) is 0 Å². The standard InChI is InChI=1S/C12H20BrN5/c1-7-4-8(2)9(3)18(5-7)12-10(13)11(17-14)15-6-16-12/h6-9H,4-5,14H2,1-3H3,(H,15,16,17). The summed E-state index contributed by atoms with van der Waals surface area (Å²) < 4.78 is 0.834. The Kier molecular flexibility index (Phi) is 4.07. The van der Waals surface area contributed by atoms with E-state index in [2.05, 4.69) is 57.0 Å². The molecule has 0 aromatic carbocycles. The van der Waals surface area contributed by atoms with Gasteiger partial charge in [0.05, 0.1) is 0 Å². The van der Waals surface area contributed by atoms with Crippen LogP contribution in [0.1, 0.15) is 27.2 Å². The van der Waals surface area contributed by atoms with Crippen molar-refractivity contribution in [3.05, 3.63) is 10.8 Å². The van der Waals surface area contributed by atoms with Crippen LogP contribution in [0.2, 0.25) is 0 Å². The van der Waals surface area contributed by atoms with Gasteiger partial charge < -0.3 is 10.3 Å². The summed E-state index contributed by atoms with van der Waals surface area (Å²) in [5.74, 6) is 8.32. The third-order valence-electron chi connectivity index (χ3n) is 3.78. The summed E-state index contributed by atoms with van der Waals surface area (Å²) in [6.45, 7) is 7.85. The van der Waals surface area contributed by atoms with Crippen LogP contribution >= 0.6 is 15.9 Å². The van der Waals surface area contributed by atoms with Crippen LogP contribution in [0.15, 0.2) is 10.8 Å². The van der Waals surface area contributed by atoms with Crippen molar-refractivity contribution in [1.82, 2.24) is 9.97 Å². The molecule has 6 heteroatoms. The summed E-state index contributed by atoms with van der Waals surface area (Å²) in [6, 6.07) is 0.470. The van der Waals surface area contributed by atoms with E-state index in [4.69, 9.17) is 5.84 Å². The molecule has 18 heavy (non-hydrogen) atoms. The maximum atomic E-state index is 5.45. The number of aromatic nitrogens is 2. The molecule has 0 spiro atoms. The van der Waals surface area contributed by atoms with Crippen LogP contribution in [0, 0.1) is 11.8 Å². The first-order valence-corrected chi connectivity index (χ1v) is 7.07. The average molecular weight is 314 g/mol. The maximum Gasteiger partial charge on any atom is 0.159 e. The minimum Gasteiger partial charge on any atom is -0.352 e. The van der Waals surface area contributed by atoms with E-state index in [1.54, 1.807) is 6.33 Å². The van der Waals surface area contributed by atoms with E-state index in [1.165, 1.54) is 6.42 Å². The molecule has 3 N–H and O–H groups in total. The molecule has 2 heterocycles. The van der Waals surface area contributed by atoms with Crippen molar-refractivity contribution in [3.8, 4) is 0 Å². The van der Waals surface area contributed by atoms with Crippen molar-refractivity contribution in [2.24, 2.45) is 17.7 Å². The van der Waals surface area contributed by atoms with Crippen LogP contribution in [0.4, 0.5) is 11.6 Å². The first-order valence-electron chi connectivity index (χ1n) is 6.28. The van der Waals surface area contributed by atoms with E-state index in [0.717, 1.165) is 16.8 Å². The van der Waals surface area contributed by atoms with E-state index in [9.17, 15) is 0 Å². The zero-order chi connectivity index (χ0) is 13.3. The van der Waals surface area contributed by atoms with Gasteiger partial charge in [0.25, 0.3) is 0 Å². The van der Waals surface area contributed by atoms with Gasteiger partial charge in [0.2, 0.25) is 0 Å². The number of nitrogens with one attached hydrogen (secondary N) is 1. The van der Waals surface area contributed by atoms with Gasteiger partial charge in [-0.15, -0.1) is 0 Å². The van der Waals surface area contributed by atoms with Crippen molar-refractivity contribution in [2.75, 3.05) is 16.9 Å². The lowest BCUT2D eigenvalue weighted by Gasteiger charge is -2.42. The molecule has 1 saturated heterocycles. The molecule has 5 nitrogen and oxygen atoms in total. The van der Waals surface area contributed by atoms with Crippen LogP contribution in [0.25, 0.3) is 0 Å². The summed E-state index contributed by atoms with van der Waals surface area (Å²) >= 11 is 3.54. The van der Waals surface area contributed by atoms with Gasteiger partial charge in [-0.3, -0.25) is 0 Å². The number of hydrazine groups is 1. The van der Waals surface area contributed by atoms with Gasteiger partial charge >= 0.3 is 0 Å². The highest BCUT2D eigenvalue weighted by Crippen LogP contribution is 2.35. The van der Waals surface area contributed by atoms with Gasteiger partial charge in [-0.2, -0.15) is 0 Å². The number of rotatable bonds is 2. The molecular weight excluding hydrogens is 294 g/mol. The summed E-state index contributed by atoms with van der Waals surface area (Å²) in [4.78, 5) is 10.8. The summed E-state index contributed by atoms with van der Waals surface area (Å²) in [7, 11) is 0. The minimum absolute atomic E-state index is 0.470. The number of piperidine rings is 1. The molecule has 1 aromatic rings. The predicted molar refractivity (Wildman–Crippen MR) is 77.3 cm³/mol. The Morgan fingerprint density at radius 1 is 1.39 bits per heavy atom. The molecule has 3 atom stereocenters. The van der Waals surface area contributed by atoms with Crippen LogP contribution < -0.4 is 16.2 Å². The highest BCUT2D eigenvalue weighted by atomic mass is 79.9. The quantitative estimate of drug-likeness (QED) is 0.648. The zero-order valence-electron chi connectivity index (χ0n) is 11.0. The fourth-order valence-electron chi connectivity index (χ4n) is 2.66. The van der Waals surface area contributed by atoms with Crippen LogP contribution in [0.5, 0.6) is 0 Å². The Bertz CT molecular complexity index is 425. The third kappa shape index (κ3) is 2.44. The van der Waals surface area contributed by atoms with Gasteiger partial charge in [0.1, 0.15) is 16.6 Å². The van der Waals surface area contributed by atoms with E-state index in [1.807, 2.05) is 0 Å². The number of hydrogen-bond donors (Lipinski definition) is 2. The lowest BCUT2D eigenvalue weighted by Crippen LogP contribution is -2.46. The molecule has 0 saturated carbocycles. The molecule has 1 aromatic heterocycles. The molecule has 3 unspecified atom stereocenters. The van der Waals surface area contributed by atoms with Crippen LogP contribution in [-0.4, -0.2) is 22.6 Å². The number of nitrogens with two attached hydrogens (primary N) is 1. The molecule has 1 fully saturated rings. The summed E-state index contributed by atoms with van der Waals surface area (Å²) in [5.41, 5.74) is 2.59. The van der Waals surface area contributed by atoms with Crippen LogP contribution in [0.3, 0.4) is 0 Å². The Balaban J connectivity index is 2.35. The second-order valence-electron chi connectivity index (χ2n) is 5.22. The normalized spacial score (nSPS) is 28.3. The average Bonchev–Trinajstić information content (AvgIpc) is 2.34. The minimum atomic E-state index is 0.470. The van der Waals surface area contributed by atoms with Crippen molar-refractivity contribution in [2.45, 2.75) is 33.2 Å². The topological polar surface area (TPSA) is 67.1 Å². The Labute approximate surface area is 116 Å².